The van der Waals surface area contributed by atoms with Crippen LogP contribution < -0.4 is 0 Å². The number of ether oxygens (including phenoxy) is 1. The number of halogens is 1. The summed E-state index contributed by atoms with van der Waals surface area (Å²) in [5.74, 6) is -1.14. The Labute approximate surface area is 113 Å². The lowest BCUT2D eigenvalue weighted by atomic mass is 10.0. The standard InChI is InChI=1S/C15H21FO3/c1-3-4-5-6-7-14(17)12-9-8-11(10-13(12)16)15(18)19-2/h8-10,14,17H,3-7H2,1-2H3. The maximum Gasteiger partial charge on any atom is 0.337 e. The highest BCUT2D eigenvalue weighted by molar-refractivity contribution is 5.89. The number of rotatable bonds is 7. The van der Waals surface area contributed by atoms with Crippen LogP contribution in [0.2, 0.25) is 0 Å². The molecule has 0 bridgehead atoms. The summed E-state index contributed by atoms with van der Waals surface area (Å²) in [5.41, 5.74) is 0.395. The van der Waals surface area contributed by atoms with Crippen LogP contribution in [-0.2, 0) is 4.74 Å². The molecule has 0 aliphatic rings. The lowest BCUT2D eigenvalue weighted by Crippen LogP contribution is -2.05. The normalized spacial score (nSPS) is 12.2. The monoisotopic (exact) mass is 268 g/mol. The molecule has 1 atom stereocenters. The molecule has 0 amide bonds. The van der Waals surface area contributed by atoms with Gasteiger partial charge < -0.3 is 9.84 Å². The molecule has 1 aromatic carbocycles. The van der Waals surface area contributed by atoms with Gasteiger partial charge in [0, 0.05) is 5.56 Å². The number of hydrogen-bond acceptors (Lipinski definition) is 3. The Kier molecular flexibility index (Phi) is 6.50. The van der Waals surface area contributed by atoms with Gasteiger partial charge in [-0.1, -0.05) is 38.7 Å². The molecule has 1 rings (SSSR count). The maximum atomic E-state index is 13.8. The maximum absolute atomic E-state index is 13.8. The number of carbonyl (C=O) groups is 1. The van der Waals surface area contributed by atoms with Gasteiger partial charge >= 0.3 is 5.97 Å². The van der Waals surface area contributed by atoms with Crippen molar-refractivity contribution in [1.82, 2.24) is 0 Å². The van der Waals surface area contributed by atoms with E-state index in [1.165, 1.54) is 19.2 Å². The molecule has 0 saturated carbocycles. The Bertz CT molecular complexity index is 418. The summed E-state index contributed by atoms with van der Waals surface area (Å²) in [6.45, 7) is 2.11. The van der Waals surface area contributed by atoms with Crippen molar-refractivity contribution in [3.63, 3.8) is 0 Å². The van der Waals surface area contributed by atoms with Gasteiger partial charge in [0.1, 0.15) is 5.82 Å². The van der Waals surface area contributed by atoms with E-state index >= 15 is 0 Å². The number of hydrogen-bond donors (Lipinski definition) is 1. The Morgan fingerprint density at radius 2 is 2.11 bits per heavy atom. The van der Waals surface area contributed by atoms with Gasteiger partial charge in [0.25, 0.3) is 0 Å². The van der Waals surface area contributed by atoms with Gasteiger partial charge in [0.05, 0.1) is 18.8 Å². The van der Waals surface area contributed by atoms with Gasteiger partial charge in [0.15, 0.2) is 0 Å². The first kappa shape index (κ1) is 15.6. The lowest BCUT2D eigenvalue weighted by Gasteiger charge is -2.12. The van der Waals surface area contributed by atoms with Crippen LogP contribution in [0.4, 0.5) is 4.39 Å². The average molecular weight is 268 g/mol. The largest absolute Gasteiger partial charge is 0.465 e. The van der Waals surface area contributed by atoms with Crippen molar-refractivity contribution in [3.05, 3.63) is 35.1 Å². The summed E-state index contributed by atoms with van der Waals surface area (Å²) < 4.78 is 18.3. The molecule has 0 spiro atoms. The van der Waals surface area contributed by atoms with Crippen LogP contribution in [0.1, 0.15) is 61.1 Å². The molecule has 0 aliphatic heterocycles. The first-order valence-corrected chi connectivity index (χ1v) is 6.66. The van der Waals surface area contributed by atoms with Gasteiger partial charge in [-0.25, -0.2) is 9.18 Å². The summed E-state index contributed by atoms with van der Waals surface area (Å²) in [6, 6.07) is 4.03. The fourth-order valence-electron chi connectivity index (χ4n) is 1.96. The smallest absolute Gasteiger partial charge is 0.337 e. The Balaban J connectivity index is 2.65. The summed E-state index contributed by atoms with van der Waals surface area (Å²) in [6.07, 6.45) is 3.87. The molecule has 0 radical (unpaired) electrons. The molecule has 0 heterocycles. The minimum atomic E-state index is -0.816. The second kappa shape index (κ2) is 7.89. The summed E-state index contributed by atoms with van der Waals surface area (Å²) in [5, 5.41) is 9.93. The molecule has 0 fully saturated rings. The molecule has 4 heteroatoms. The fraction of sp³-hybridized carbons (Fsp3) is 0.533. The highest BCUT2D eigenvalue weighted by atomic mass is 19.1. The van der Waals surface area contributed by atoms with Gasteiger partial charge in [-0.3, -0.25) is 0 Å². The lowest BCUT2D eigenvalue weighted by molar-refractivity contribution is 0.0599. The van der Waals surface area contributed by atoms with Crippen LogP contribution in [0.15, 0.2) is 18.2 Å². The molecule has 1 unspecified atom stereocenters. The molecule has 3 nitrogen and oxygen atoms in total. The summed E-state index contributed by atoms with van der Waals surface area (Å²) >= 11 is 0. The number of esters is 1. The molecule has 1 N–H and O–H groups in total. The molecular formula is C15H21FO3. The van der Waals surface area contributed by atoms with E-state index < -0.39 is 17.9 Å². The Morgan fingerprint density at radius 3 is 2.68 bits per heavy atom. The van der Waals surface area contributed by atoms with E-state index in [0.29, 0.717) is 6.42 Å². The number of methoxy groups -OCH3 is 1. The molecule has 19 heavy (non-hydrogen) atoms. The zero-order valence-electron chi connectivity index (χ0n) is 11.5. The van der Waals surface area contributed by atoms with Gasteiger partial charge in [-0.05, 0) is 18.6 Å². The number of unbranched alkanes of at least 4 members (excludes halogenated alkanes) is 3. The number of aliphatic hydroxyl groups excluding tert-OH is 1. The predicted octanol–water partition coefficient (Wildman–Crippen LogP) is 3.62. The zero-order chi connectivity index (χ0) is 14.3. The second-order valence-corrected chi connectivity index (χ2v) is 4.59. The van der Waals surface area contributed by atoms with Gasteiger partial charge in [0.2, 0.25) is 0 Å². The zero-order valence-corrected chi connectivity index (χ0v) is 11.5. The van der Waals surface area contributed by atoms with Crippen molar-refractivity contribution in [1.29, 1.82) is 0 Å². The van der Waals surface area contributed by atoms with Crippen LogP contribution in [-0.4, -0.2) is 18.2 Å². The third kappa shape index (κ3) is 4.63. The Morgan fingerprint density at radius 1 is 1.37 bits per heavy atom. The third-order valence-corrected chi connectivity index (χ3v) is 3.11. The van der Waals surface area contributed by atoms with E-state index in [2.05, 4.69) is 11.7 Å². The van der Waals surface area contributed by atoms with Gasteiger partial charge in [-0.2, -0.15) is 0 Å². The molecule has 0 saturated heterocycles. The van der Waals surface area contributed by atoms with Crippen LogP contribution >= 0.6 is 0 Å². The van der Waals surface area contributed by atoms with Crippen molar-refractivity contribution >= 4 is 5.97 Å². The van der Waals surface area contributed by atoms with Gasteiger partial charge in [-0.15, -0.1) is 0 Å². The summed E-state index contributed by atoms with van der Waals surface area (Å²) in [7, 11) is 1.25. The van der Waals surface area contributed by atoms with Crippen molar-refractivity contribution < 1.29 is 19.0 Å². The molecule has 1 aromatic rings. The molecule has 106 valence electrons. The minimum absolute atomic E-state index is 0.155. The highest BCUT2D eigenvalue weighted by Gasteiger charge is 2.15. The molecule has 0 aliphatic carbocycles. The van der Waals surface area contributed by atoms with Crippen LogP contribution in [0.3, 0.4) is 0 Å². The first-order valence-electron chi connectivity index (χ1n) is 6.66. The highest BCUT2D eigenvalue weighted by Crippen LogP contribution is 2.23. The SMILES string of the molecule is CCCCCCC(O)c1ccc(C(=O)OC)cc1F. The topological polar surface area (TPSA) is 46.5 Å². The quantitative estimate of drug-likeness (QED) is 0.607. The molecular weight excluding hydrogens is 247 g/mol. The van der Waals surface area contributed by atoms with E-state index in [1.807, 2.05) is 0 Å². The molecule has 0 aromatic heterocycles. The Hall–Kier alpha value is -1.42. The number of aliphatic hydroxyl groups is 1. The van der Waals surface area contributed by atoms with Crippen LogP contribution in [0, 0.1) is 5.82 Å². The number of benzene rings is 1. The number of carbonyl (C=O) groups excluding carboxylic acids is 1. The predicted molar refractivity (Wildman–Crippen MR) is 71.5 cm³/mol. The van der Waals surface area contributed by atoms with Crippen molar-refractivity contribution in [2.45, 2.75) is 45.1 Å². The van der Waals surface area contributed by atoms with E-state index in [9.17, 15) is 14.3 Å². The first-order chi connectivity index (χ1) is 9.10. The second-order valence-electron chi connectivity index (χ2n) is 4.59. The fourth-order valence-corrected chi connectivity index (χ4v) is 1.96. The van der Waals surface area contributed by atoms with E-state index in [1.54, 1.807) is 0 Å². The van der Waals surface area contributed by atoms with Crippen LogP contribution in [0.25, 0.3) is 0 Å². The van der Waals surface area contributed by atoms with Crippen molar-refractivity contribution in [3.8, 4) is 0 Å². The van der Waals surface area contributed by atoms with E-state index in [0.717, 1.165) is 31.7 Å². The average Bonchev–Trinajstić information content (AvgIpc) is 2.42. The summed E-state index contributed by atoms with van der Waals surface area (Å²) in [4.78, 5) is 11.2. The minimum Gasteiger partial charge on any atom is -0.465 e. The van der Waals surface area contributed by atoms with E-state index in [-0.39, 0.29) is 11.1 Å². The van der Waals surface area contributed by atoms with Crippen molar-refractivity contribution in [2.24, 2.45) is 0 Å². The van der Waals surface area contributed by atoms with Crippen LogP contribution in [0.5, 0.6) is 0 Å². The van der Waals surface area contributed by atoms with Crippen molar-refractivity contribution in [2.75, 3.05) is 7.11 Å². The third-order valence-electron chi connectivity index (χ3n) is 3.11. The van der Waals surface area contributed by atoms with E-state index in [4.69, 9.17) is 0 Å².